The summed E-state index contributed by atoms with van der Waals surface area (Å²) in [6.45, 7) is 8.83. The molecule has 0 rings (SSSR count). The SMILES string of the molecule is C=CC(C)NC(=O)C(C)(C#N)CC. The lowest BCUT2D eigenvalue weighted by Gasteiger charge is -2.20. The molecule has 0 saturated heterocycles. The summed E-state index contributed by atoms with van der Waals surface area (Å²) in [4.78, 5) is 11.5. The number of carbonyl (C=O) groups excluding carboxylic acids is 1. The molecular formula is C10H16N2O. The molecule has 2 atom stereocenters. The van der Waals surface area contributed by atoms with E-state index in [1.165, 1.54) is 0 Å². The van der Waals surface area contributed by atoms with Gasteiger partial charge in [0, 0.05) is 6.04 Å². The molecule has 0 aromatic heterocycles. The second kappa shape index (κ2) is 4.66. The summed E-state index contributed by atoms with van der Waals surface area (Å²) >= 11 is 0. The van der Waals surface area contributed by atoms with E-state index in [-0.39, 0.29) is 11.9 Å². The van der Waals surface area contributed by atoms with Gasteiger partial charge in [-0.25, -0.2) is 0 Å². The summed E-state index contributed by atoms with van der Waals surface area (Å²) in [5.74, 6) is -0.232. The van der Waals surface area contributed by atoms with Gasteiger partial charge in [-0.15, -0.1) is 6.58 Å². The molecule has 3 nitrogen and oxygen atoms in total. The highest BCUT2D eigenvalue weighted by Crippen LogP contribution is 2.19. The largest absolute Gasteiger partial charge is 0.349 e. The molecule has 0 aliphatic carbocycles. The van der Waals surface area contributed by atoms with Crippen LogP contribution in [0.2, 0.25) is 0 Å². The lowest BCUT2D eigenvalue weighted by Crippen LogP contribution is -2.41. The Labute approximate surface area is 79.4 Å². The van der Waals surface area contributed by atoms with E-state index in [4.69, 9.17) is 5.26 Å². The molecule has 3 heteroatoms. The Kier molecular flexibility index (Phi) is 4.19. The molecule has 0 aromatic carbocycles. The minimum absolute atomic E-state index is 0.0910. The predicted octanol–water partition coefficient (Wildman–Crippen LogP) is 1.62. The van der Waals surface area contributed by atoms with E-state index in [1.54, 1.807) is 13.0 Å². The third kappa shape index (κ3) is 2.90. The summed E-state index contributed by atoms with van der Waals surface area (Å²) in [6.07, 6.45) is 2.14. The molecule has 0 saturated carbocycles. The lowest BCUT2D eigenvalue weighted by atomic mass is 9.88. The van der Waals surface area contributed by atoms with Crippen LogP contribution < -0.4 is 5.32 Å². The van der Waals surface area contributed by atoms with Crippen LogP contribution in [0.4, 0.5) is 0 Å². The third-order valence-electron chi connectivity index (χ3n) is 2.17. The van der Waals surface area contributed by atoms with Gasteiger partial charge in [-0.05, 0) is 20.3 Å². The van der Waals surface area contributed by atoms with Gasteiger partial charge in [-0.3, -0.25) is 4.79 Å². The number of rotatable bonds is 4. The first kappa shape index (κ1) is 11.7. The molecule has 13 heavy (non-hydrogen) atoms. The first-order valence-electron chi connectivity index (χ1n) is 4.35. The number of nitriles is 1. The molecule has 2 unspecified atom stereocenters. The number of amides is 1. The maximum absolute atomic E-state index is 11.5. The number of hydrogen-bond acceptors (Lipinski definition) is 2. The maximum atomic E-state index is 11.5. The standard InChI is InChI=1S/C10H16N2O/c1-5-8(3)12-9(13)10(4,6-2)7-11/h5,8H,1,6H2,2-4H3,(H,12,13). The minimum atomic E-state index is -0.919. The van der Waals surface area contributed by atoms with Crippen molar-refractivity contribution in [2.45, 2.75) is 33.2 Å². The summed E-state index contributed by atoms with van der Waals surface area (Å²) in [6, 6.07) is 1.92. The Morgan fingerprint density at radius 1 is 1.85 bits per heavy atom. The summed E-state index contributed by atoms with van der Waals surface area (Å²) < 4.78 is 0. The fourth-order valence-electron chi connectivity index (χ4n) is 0.715. The normalized spacial score (nSPS) is 16.5. The number of nitrogens with zero attached hydrogens (tertiary/aromatic N) is 1. The second-order valence-corrected chi connectivity index (χ2v) is 3.30. The quantitative estimate of drug-likeness (QED) is 0.668. The topological polar surface area (TPSA) is 52.9 Å². The Morgan fingerprint density at radius 2 is 2.38 bits per heavy atom. The Hall–Kier alpha value is -1.30. The van der Waals surface area contributed by atoms with Crippen molar-refractivity contribution in [3.8, 4) is 6.07 Å². The van der Waals surface area contributed by atoms with E-state index in [9.17, 15) is 4.79 Å². The lowest BCUT2D eigenvalue weighted by molar-refractivity contribution is -0.127. The molecule has 0 bridgehead atoms. The molecule has 1 N–H and O–H groups in total. The fourth-order valence-corrected chi connectivity index (χ4v) is 0.715. The molecule has 0 aliphatic rings. The minimum Gasteiger partial charge on any atom is -0.349 e. The van der Waals surface area contributed by atoms with Gasteiger partial charge in [0.1, 0.15) is 5.41 Å². The van der Waals surface area contributed by atoms with Gasteiger partial charge in [0.2, 0.25) is 5.91 Å². The van der Waals surface area contributed by atoms with Crippen LogP contribution in [-0.2, 0) is 4.79 Å². The van der Waals surface area contributed by atoms with Crippen molar-refractivity contribution in [2.24, 2.45) is 5.41 Å². The van der Waals surface area contributed by atoms with Crippen molar-refractivity contribution < 1.29 is 4.79 Å². The van der Waals surface area contributed by atoms with Crippen molar-refractivity contribution in [3.05, 3.63) is 12.7 Å². The van der Waals surface area contributed by atoms with Crippen LogP contribution in [0, 0.1) is 16.7 Å². The van der Waals surface area contributed by atoms with Crippen LogP contribution in [0.15, 0.2) is 12.7 Å². The van der Waals surface area contributed by atoms with Crippen molar-refractivity contribution in [1.82, 2.24) is 5.32 Å². The van der Waals surface area contributed by atoms with Gasteiger partial charge >= 0.3 is 0 Å². The van der Waals surface area contributed by atoms with Crippen LogP contribution in [0.5, 0.6) is 0 Å². The van der Waals surface area contributed by atoms with Crippen molar-refractivity contribution >= 4 is 5.91 Å². The predicted molar refractivity (Wildman–Crippen MR) is 51.8 cm³/mol. The molecule has 0 fully saturated rings. The van der Waals surface area contributed by atoms with Gasteiger partial charge in [0.15, 0.2) is 0 Å². The van der Waals surface area contributed by atoms with Crippen molar-refractivity contribution in [3.63, 3.8) is 0 Å². The molecule has 0 heterocycles. The van der Waals surface area contributed by atoms with Gasteiger partial charge in [0.05, 0.1) is 6.07 Å². The van der Waals surface area contributed by atoms with Crippen molar-refractivity contribution in [1.29, 1.82) is 5.26 Å². The second-order valence-electron chi connectivity index (χ2n) is 3.30. The van der Waals surface area contributed by atoms with Gasteiger partial charge in [-0.1, -0.05) is 13.0 Å². The van der Waals surface area contributed by atoms with Crippen LogP contribution in [0.25, 0.3) is 0 Å². The van der Waals surface area contributed by atoms with Crippen LogP contribution >= 0.6 is 0 Å². The van der Waals surface area contributed by atoms with E-state index in [1.807, 2.05) is 19.9 Å². The van der Waals surface area contributed by atoms with Crippen molar-refractivity contribution in [2.75, 3.05) is 0 Å². The van der Waals surface area contributed by atoms with E-state index in [0.717, 1.165) is 0 Å². The van der Waals surface area contributed by atoms with E-state index < -0.39 is 5.41 Å². The summed E-state index contributed by atoms with van der Waals surface area (Å²) in [5.41, 5.74) is -0.919. The zero-order valence-electron chi connectivity index (χ0n) is 8.42. The van der Waals surface area contributed by atoms with Gasteiger partial charge in [-0.2, -0.15) is 5.26 Å². The van der Waals surface area contributed by atoms with Crippen LogP contribution in [0.1, 0.15) is 27.2 Å². The smallest absolute Gasteiger partial charge is 0.240 e. The average molecular weight is 180 g/mol. The third-order valence-corrected chi connectivity index (χ3v) is 2.17. The van der Waals surface area contributed by atoms with Crippen LogP contribution in [0.3, 0.4) is 0 Å². The van der Waals surface area contributed by atoms with E-state index in [0.29, 0.717) is 6.42 Å². The molecule has 0 radical (unpaired) electrons. The highest BCUT2D eigenvalue weighted by atomic mass is 16.2. The number of hydrogen-bond donors (Lipinski definition) is 1. The zero-order chi connectivity index (χ0) is 10.5. The van der Waals surface area contributed by atoms with Gasteiger partial charge < -0.3 is 5.32 Å². The number of carbonyl (C=O) groups is 1. The first-order valence-corrected chi connectivity index (χ1v) is 4.35. The average Bonchev–Trinajstić information content (AvgIpc) is 2.16. The summed E-state index contributed by atoms with van der Waals surface area (Å²) in [5, 5.41) is 11.5. The monoisotopic (exact) mass is 180 g/mol. The van der Waals surface area contributed by atoms with Gasteiger partial charge in [0.25, 0.3) is 0 Å². The molecule has 0 aromatic rings. The van der Waals surface area contributed by atoms with E-state index in [2.05, 4.69) is 11.9 Å². The van der Waals surface area contributed by atoms with Crippen LogP contribution in [-0.4, -0.2) is 11.9 Å². The maximum Gasteiger partial charge on any atom is 0.240 e. The fraction of sp³-hybridized carbons (Fsp3) is 0.600. The molecule has 72 valence electrons. The number of nitrogens with one attached hydrogen (secondary N) is 1. The Morgan fingerprint density at radius 3 is 2.69 bits per heavy atom. The molecule has 0 aliphatic heterocycles. The molecule has 1 amide bonds. The highest BCUT2D eigenvalue weighted by Gasteiger charge is 2.31. The highest BCUT2D eigenvalue weighted by molar-refractivity contribution is 5.85. The Balaban J connectivity index is 4.42. The molecule has 0 spiro atoms. The van der Waals surface area contributed by atoms with E-state index >= 15 is 0 Å². The first-order chi connectivity index (χ1) is 6.00. The molecular weight excluding hydrogens is 164 g/mol. The summed E-state index contributed by atoms with van der Waals surface area (Å²) in [7, 11) is 0. The Bertz CT molecular complexity index is 242. The zero-order valence-corrected chi connectivity index (χ0v) is 8.42.